The number of para-hydroxylation sites is 1. The Morgan fingerprint density at radius 3 is 2.66 bits per heavy atom. The first-order valence-electron chi connectivity index (χ1n) is 9.47. The molecule has 2 heterocycles. The van der Waals surface area contributed by atoms with Gasteiger partial charge in [0.2, 0.25) is 0 Å². The minimum atomic E-state index is -0.564. The normalized spacial score (nSPS) is 13.5. The molecule has 1 aliphatic rings. The van der Waals surface area contributed by atoms with Gasteiger partial charge in [-0.05, 0) is 43.2 Å². The van der Waals surface area contributed by atoms with Crippen molar-refractivity contribution in [2.75, 3.05) is 29.9 Å². The summed E-state index contributed by atoms with van der Waals surface area (Å²) >= 11 is 5.91. The van der Waals surface area contributed by atoms with Gasteiger partial charge in [-0.25, -0.2) is 9.78 Å². The summed E-state index contributed by atoms with van der Waals surface area (Å²) in [5.41, 5.74) is 1.74. The summed E-state index contributed by atoms with van der Waals surface area (Å²) in [5.74, 6) is -0.384. The van der Waals surface area contributed by atoms with Gasteiger partial charge < -0.3 is 15.0 Å². The fourth-order valence-corrected chi connectivity index (χ4v) is 3.59. The lowest BCUT2D eigenvalue weighted by Gasteiger charge is -2.20. The van der Waals surface area contributed by atoms with E-state index in [0.717, 1.165) is 36.8 Å². The maximum absolute atomic E-state index is 12.8. The molecule has 1 aromatic heterocycles. The molecule has 7 heteroatoms. The Morgan fingerprint density at radius 1 is 1.07 bits per heavy atom. The molecule has 1 amide bonds. The summed E-state index contributed by atoms with van der Waals surface area (Å²) in [6, 6.07) is 16.2. The van der Waals surface area contributed by atoms with E-state index in [-0.39, 0.29) is 0 Å². The van der Waals surface area contributed by atoms with Gasteiger partial charge >= 0.3 is 5.97 Å². The SMILES string of the molecule is O=C(COC(=O)c1cc2ccccc2nc1N1CCCC1)Nc1cccc(Cl)c1. The topological polar surface area (TPSA) is 71.5 Å². The Morgan fingerprint density at radius 2 is 1.86 bits per heavy atom. The zero-order chi connectivity index (χ0) is 20.2. The Kier molecular flexibility index (Phi) is 5.62. The van der Waals surface area contributed by atoms with Crippen molar-refractivity contribution in [2.24, 2.45) is 0 Å². The summed E-state index contributed by atoms with van der Waals surface area (Å²) < 4.78 is 5.29. The van der Waals surface area contributed by atoms with Crippen molar-refractivity contribution in [3.63, 3.8) is 0 Å². The molecule has 0 unspecified atom stereocenters. The van der Waals surface area contributed by atoms with Crippen LogP contribution in [0.5, 0.6) is 0 Å². The standard InChI is InChI=1S/C22H20ClN3O3/c23-16-7-5-8-17(13-16)24-20(27)14-29-22(28)18-12-15-6-1-2-9-19(15)25-21(18)26-10-3-4-11-26/h1-2,5-9,12-13H,3-4,10-11,14H2,(H,24,27). The van der Waals surface area contributed by atoms with E-state index in [4.69, 9.17) is 21.3 Å². The van der Waals surface area contributed by atoms with Gasteiger partial charge in [-0.15, -0.1) is 0 Å². The van der Waals surface area contributed by atoms with Gasteiger partial charge in [0.1, 0.15) is 11.4 Å². The largest absolute Gasteiger partial charge is 0.452 e. The Bertz CT molecular complexity index is 1060. The van der Waals surface area contributed by atoms with Gasteiger partial charge in [-0.2, -0.15) is 0 Å². The Labute approximate surface area is 173 Å². The zero-order valence-corrected chi connectivity index (χ0v) is 16.5. The second-order valence-corrected chi connectivity index (χ2v) is 7.32. The average molecular weight is 410 g/mol. The minimum absolute atomic E-state index is 0.376. The summed E-state index contributed by atoms with van der Waals surface area (Å²) in [7, 11) is 0. The number of benzene rings is 2. The van der Waals surface area contributed by atoms with Crippen molar-refractivity contribution in [1.29, 1.82) is 0 Å². The van der Waals surface area contributed by atoms with Crippen LogP contribution >= 0.6 is 11.6 Å². The average Bonchev–Trinajstić information content (AvgIpc) is 3.26. The van der Waals surface area contributed by atoms with E-state index >= 15 is 0 Å². The van der Waals surface area contributed by atoms with Crippen LogP contribution < -0.4 is 10.2 Å². The number of carbonyl (C=O) groups is 2. The predicted octanol–water partition coefficient (Wildman–Crippen LogP) is 4.28. The molecule has 0 radical (unpaired) electrons. The third-order valence-corrected chi connectivity index (χ3v) is 5.01. The van der Waals surface area contributed by atoms with Crippen LogP contribution in [0.2, 0.25) is 5.02 Å². The number of aromatic nitrogens is 1. The number of rotatable bonds is 5. The number of pyridine rings is 1. The minimum Gasteiger partial charge on any atom is -0.452 e. The number of nitrogens with one attached hydrogen (secondary N) is 1. The molecule has 0 aliphatic carbocycles. The highest BCUT2D eigenvalue weighted by Gasteiger charge is 2.23. The van der Waals surface area contributed by atoms with Crippen LogP contribution in [-0.2, 0) is 9.53 Å². The van der Waals surface area contributed by atoms with Crippen molar-refractivity contribution in [2.45, 2.75) is 12.8 Å². The zero-order valence-electron chi connectivity index (χ0n) is 15.7. The molecule has 1 N–H and O–H groups in total. The predicted molar refractivity (Wildman–Crippen MR) is 114 cm³/mol. The number of ether oxygens (including phenoxy) is 1. The van der Waals surface area contributed by atoms with Gasteiger partial charge in [0.05, 0.1) is 5.52 Å². The van der Waals surface area contributed by atoms with Crippen LogP contribution in [0.25, 0.3) is 10.9 Å². The number of amides is 1. The van der Waals surface area contributed by atoms with Crippen LogP contribution in [0.1, 0.15) is 23.2 Å². The maximum atomic E-state index is 12.8. The molecule has 0 atom stereocenters. The van der Waals surface area contributed by atoms with Crippen molar-refractivity contribution in [3.8, 4) is 0 Å². The van der Waals surface area contributed by atoms with Crippen molar-refractivity contribution in [1.82, 2.24) is 4.98 Å². The molecule has 0 bridgehead atoms. The highest BCUT2D eigenvalue weighted by molar-refractivity contribution is 6.30. The molecule has 2 aromatic carbocycles. The molecule has 3 aromatic rings. The quantitative estimate of drug-likeness (QED) is 0.636. The molecule has 1 aliphatic heterocycles. The molecule has 1 fully saturated rings. The molecule has 6 nitrogen and oxygen atoms in total. The van der Waals surface area contributed by atoms with Gasteiger partial charge in [0.25, 0.3) is 5.91 Å². The van der Waals surface area contributed by atoms with E-state index in [1.807, 2.05) is 24.3 Å². The first-order chi connectivity index (χ1) is 14.1. The second-order valence-electron chi connectivity index (χ2n) is 6.88. The van der Waals surface area contributed by atoms with Crippen molar-refractivity contribution >= 4 is 45.9 Å². The molecule has 29 heavy (non-hydrogen) atoms. The Balaban J connectivity index is 1.51. The highest BCUT2D eigenvalue weighted by atomic mass is 35.5. The number of fused-ring (bicyclic) bond motifs is 1. The van der Waals surface area contributed by atoms with Crippen LogP contribution in [0.3, 0.4) is 0 Å². The monoisotopic (exact) mass is 409 g/mol. The smallest absolute Gasteiger partial charge is 0.342 e. The second kappa shape index (κ2) is 8.49. The molecule has 0 saturated carbocycles. The molecular weight excluding hydrogens is 390 g/mol. The number of anilines is 2. The van der Waals surface area contributed by atoms with Crippen LogP contribution in [0.15, 0.2) is 54.6 Å². The van der Waals surface area contributed by atoms with Gasteiger partial charge in [0, 0.05) is 29.2 Å². The van der Waals surface area contributed by atoms with Crippen LogP contribution in [-0.4, -0.2) is 36.6 Å². The fourth-order valence-electron chi connectivity index (χ4n) is 3.40. The van der Waals surface area contributed by atoms with E-state index in [0.29, 0.717) is 22.1 Å². The van der Waals surface area contributed by atoms with Crippen molar-refractivity contribution < 1.29 is 14.3 Å². The number of hydrogen-bond acceptors (Lipinski definition) is 5. The van der Waals surface area contributed by atoms with Gasteiger partial charge in [-0.1, -0.05) is 35.9 Å². The molecular formula is C22H20ClN3O3. The molecule has 0 spiro atoms. The number of hydrogen-bond donors (Lipinski definition) is 1. The Hall–Kier alpha value is -3.12. The lowest BCUT2D eigenvalue weighted by molar-refractivity contribution is -0.119. The maximum Gasteiger partial charge on any atom is 0.342 e. The summed E-state index contributed by atoms with van der Waals surface area (Å²) in [6.45, 7) is 1.30. The summed E-state index contributed by atoms with van der Waals surface area (Å²) in [5, 5.41) is 4.03. The molecule has 4 rings (SSSR count). The third-order valence-electron chi connectivity index (χ3n) is 4.77. The van der Waals surface area contributed by atoms with Gasteiger partial charge in [0.15, 0.2) is 6.61 Å². The lowest BCUT2D eigenvalue weighted by Crippen LogP contribution is -2.25. The number of halogens is 1. The molecule has 1 saturated heterocycles. The van der Waals surface area contributed by atoms with Crippen molar-refractivity contribution in [3.05, 3.63) is 65.2 Å². The number of nitrogens with zero attached hydrogens (tertiary/aromatic N) is 2. The van der Waals surface area contributed by atoms with Gasteiger partial charge in [-0.3, -0.25) is 4.79 Å². The van der Waals surface area contributed by atoms with E-state index in [9.17, 15) is 9.59 Å². The fraction of sp³-hybridized carbons (Fsp3) is 0.227. The van der Waals surface area contributed by atoms with Crippen LogP contribution in [0.4, 0.5) is 11.5 Å². The first-order valence-corrected chi connectivity index (χ1v) is 9.85. The van der Waals surface area contributed by atoms with Crippen LogP contribution in [0, 0.1) is 0 Å². The summed E-state index contributed by atoms with van der Waals surface area (Å²) in [4.78, 5) is 31.7. The van der Waals surface area contributed by atoms with E-state index < -0.39 is 18.5 Å². The number of carbonyl (C=O) groups excluding carboxylic acids is 2. The first kappa shape index (κ1) is 19.2. The van der Waals surface area contributed by atoms with E-state index in [2.05, 4.69) is 10.2 Å². The lowest BCUT2D eigenvalue weighted by atomic mass is 10.1. The molecule has 148 valence electrons. The summed E-state index contributed by atoms with van der Waals surface area (Å²) in [6.07, 6.45) is 2.12. The van der Waals surface area contributed by atoms with E-state index in [1.165, 1.54) is 0 Å². The number of esters is 1. The highest BCUT2D eigenvalue weighted by Crippen LogP contribution is 2.27. The van der Waals surface area contributed by atoms with E-state index in [1.54, 1.807) is 30.3 Å². The third kappa shape index (κ3) is 4.49.